The Balaban J connectivity index is 1.84. The highest BCUT2D eigenvalue weighted by molar-refractivity contribution is 5.77. The molecule has 0 radical (unpaired) electrons. The fraction of sp³-hybridized carbons (Fsp3) is 0.409. The van der Waals surface area contributed by atoms with Crippen LogP contribution in [0.25, 0.3) is 0 Å². The molecule has 0 heterocycles. The minimum absolute atomic E-state index is 0.0256. The summed E-state index contributed by atoms with van der Waals surface area (Å²) in [6.45, 7) is 8.42. The van der Waals surface area contributed by atoms with E-state index in [4.69, 9.17) is 14.2 Å². The number of benzene rings is 2. The standard InChI is InChI=1S/C22H29NO4/c1-15(2)18-11-10-16(3)12-21(18)27-14-22(24)23-17(4)13-26-20-9-7-6-8-19(20)25-5/h6-12,15,17H,13-14H2,1-5H3,(H,23,24)/t17-/m1/s1. The van der Waals surface area contributed by atoms with Crippen molar-refractivity contribution in [2.24, 2.45) is 0 Å². The zero-order valence-corrected chi connectivity index (χ0v) is 16.7. The average Bonchev–Trinajstić information content (AvgIpc) is 2.64. The van der Waals surface area contributed by atoms with Crippen LogP contribution in [-0.4, -0.2) is 32.3 Å². The van der Waals surface area contributed by atoms with E-state index in [0.29, 0.717) is 24.0 Å². The van der Waals surface area contributed by atoms with E-state index in [1.807, 2.05) is 44.2 Å². The maximum absolute atomic E-state index is 12.2. The van der Waals surface area contributed by atoms with Crippen molar-refractivity contribution in [1.29, 1.82) is 0 Å². The van der Waals surface area contributed by atoms with Crippen molar-refractivity contribution in [3.63, 3.8) is 0 Å². The normalized spacial score (nSPS) is 11.8. The first-order valence-corrected chi connectivity index (χ1v) is 9.19. The molecule has 0 bridgehead atoms. The summed E-state index contributed by atoms with van der Waals surface area (Å²) in [5.41, 5.74) is 2.20. The lowest BCUT2D eigenvalue weighted by atomic mass is 10.0. The number of hydrogen-bond acceptors (Lipinski definition) is 4. The Kier molecular flexibility index (Phi) is 7.53. The third kappa shape index (κ3) is 6.20. The van der Waals surface area contributed by atoms with Crippen molar-refractivity contribution < 1.29 is 19.0 Å². The molecule has 1 N–H and O–H groups in total. The molecule has 27 heavy (non-hydrogen) atoms. The Bertz CT molecular complexity index is 758. The second kappa shape index (κ2) is 9.86. The summed E-state index contributed by atoms with van der Waals surface area (Å²) >= 11 is 0. The minimum atomic E-state index is -0.178. The SMILES string of the molecule is COc1ccccc1OC[C@@H](C)NC(=O)COc1cc(C)ccc1C(C)C. The second-order valence-corrected chi connectivity index (χ2v) is 6.92. The van der Waals surface area contributed by atoms with E-state index < -0.39 is 0 Å². The summed E-state index contributed by atoms with van der Waals surface area (Å²) in [5, 5.41) is 2.89. The molecule has 0 aliphatic heterocycles. The van der Waals surface area contributed by atoms with Gasteiger partial charge in [-0.2, -0.15) is 0 Å². The number of nitrogens with one attached hydrogen (secondary N) is 1. The molecular weight excluding hydrogens is 342 g/mol. The van der Waals surface area contributed by atoms with Crippen LogP contribution in [0.4, 0.5) is 0 Å². The monoisotopic (exact) mass is 371 g/mol. The molecule has 0 saturated carbocycles. The molecule has 0 unspecified atom stereocenters. The zero-order chi connectivity index (χ0) is 19.8. The van der Waals surface area contributed by atoms with Crippen molar-refractivity contribution in [2.75, 3.05) is 20.3 Å². The van der Waals surface area contributed by atoms with Crippen molar-refractivity contribution in [1.82, 2.24) is 5.32 Å². The Labute approximate surface area is 161 Å². The first-order chi connectivity index (χ1) is 12.9. The lowest BCUT2D eigenvalue weighted by molar-refractivity contribution is -0.123. The molecule has 5 nitrogen and oxygen atoms in total. The van der Waals surface area contributed by atoms with Crippen LogP contribution in [0.15, 0.2) is 42.5 Å². The fourth-order valence-corrected chi connectivity index (χ4v) is 2.70. The van der Waals surface area contributed by atoms with Gasteiger partial charge in [0.25, 0.3) is 5.91 Å². The molecule has 2 aromatic rings. The van der Waals surface area contributed by atoms with Crippen LogP contribution in [0.5, 0.6) is 17.2 Å². The molecule has 0 aliphatic rings. The molecule has 1 amide bonds. The van der Waals surface area contributed by atoms with Gasteiger partial charge in [0.05, 0.1) is 13.2 Å². The molecule has 2 aromatic carbocycles. The summed E-state index contributed by atoms with van der Waals surface area (Å²) in [7, 11) is 1.60. The number of carbonyl (C=O) groups is 1. The number of ether oxygens (including phenoxy) is 3. The van der Waals surface area contributed by atoms with E-state index in [1.54, 1.807) is 7.11 Å². The largest absolute Gasteiger partial charge is 0.493 e. The van der Waals surface area contributed by atoms with Gasteiger partial charge in [0, 0.05) is 0 Å². The number of aryl methyl sites for hydroxylation is 1. The maximum atomic E-state index is 12.2. The number of hydrogen-bond donors (Lipinski definition) is 1. The second-order valence-electron chi connectivity index (χ2n) is 6.92. The molecule has 0 saturated heterocycles. The van der Waals surface area contributed by atoms with Gasteiger partial charge in [-0.05, 0) is 49.1 Å². The van der Waals surface area contributed by atoms with Crippen molar-refractivity contribution in [3.05, 3.63) is 53.6 Å². The zero-order valence-electron chi connectivity index (χ0n) is 16.7. The van der Waals surface area contributed by atoms with Crippen LogP contribution in [0.1, 0.15) is 37.8 Å². The highest BCUT2D eigenvalue weighted by Gasteiger charge is 2.13. The van der Waals surface area contributed by atoms with E-state index in [9.17, 15) is 4.79 Å². The van der Waals surface area contributed by atoms with Gasteiger partial charge in [0.1, 0.15) is 12.4 Å². The summed E-state index contributed by atoms with van der Waals surface area (Å²) < 4.78 is 16.8. The third-order valence-corrected chi connectivity index (χ3v) is 4.12. The van der Waals surface area contributed by atoms with Gasteiger partial charge < -0.3 is 19.5 Å². The van der Waals surface area contributed by atoms with Gasteiger partial charge in [-0.15, -0.1) is 0 Å². The predicted molar refractivity (Wildman–Crippen MR) is 107 cm³/mol. The lowest BCUT2D eigenvalue weighted by Crippen LogP contribution is -2.39. The Morgan fingerprint density at radius 1 is 1.00 bits per heavy atom. The quantitative estimate of drug-likeness (QED) is 0.721. The number of para-hydroxylation sites is 2. The van der Waals surface area contributed by atoms with E-state index in [0.717, 1.165) is 16.9 Å². The third-order valence-electron chi connectivity index (χ3n) is 4.12. The molecule has 2 rings (SSSR count). The van der Waals surface area contributed by atoms with E-state index in [2.05, 4.69) is 31.3 Å². The molecule has 0 fully saturated rings. The number of amides is 1. The topological polar surface area (TPSA) is 56.8 Å². The lowest BCUT2D eigenvalue weighted by Gasteiger charge is -2.18. The number of carbonyl (C=O) groups excluding carboxylic acids is 1. The van der Waals surface area contributed by atoms with Gasteiger partial charge in [-0.1, -0.05) is 38.1 Å². The summed E-state index contributed by atoms with van der Waals surface area (Å²) in [4.78, 5) is 12.2. The van der Waals surface area contributed by atoms with Crippen LogP contribution in [0.3, 0.4) is 0 Å². The van der Waals surface area contributed by atoms with Crippen LogP contribution in [0.2, 0.25) is 0 Å². The summed E-state index contributed by atoms with van der Waals surface area (Å²) in [6, 6.07) is 13.3. The highest BCUT2D eigenvalue weighted by Crippen LogP contribution is 2.27. The van der Waals surface area contributed by atoms with E-state index >= 15 is 0 Å². The smallest absolute Gasteiger partial charge is 0.258 e. The van der Waals surface area contributed by atoms with Gasteiger partial charge in [0.2, 0.25) is 0 Å². The Morgan fingerprint density at radius 3 is 2.37 bits per heavy atom. The molecule has 0 aromatic heterocycles. The maximum Gasteiger partial charge on any atom is 0.258 e. The summed E-state index contributed by atoms with van der Waals surface area (Å²) in [6.07, 6.45) is 0. The Morgan fingerprint density at radius 2 is 1.70 bits per heavy atom. The molecule has 146 valence electrons. The van der Waals surface area contributed by atoms with Gasteiger partial charge in [0.15, 0.2) is 18.1 Å². The van der Waals surface area contributed by atoms with Crippen LogP contribution >= 0.6 is 0 Å². The van der Waals surface area contributed by atoms with Crippen LogP contribution in [-0.2, 0) is 4.79 Å². The first kappa shape index (κ1) is 20.6. The molecule has 1 atom stereocenters. The van der Waals surface area contributed by atoms with Gasteiger partial charge >= 0.3 is 0 Å². The van der Waals surface area contributed by atoms with Gasteiger partial charge in [-0.3, -0.25) is 4.79 Å². The van der Waals surface area contributed by atoms with Crippen LogP contribution in [0, 0.1) is 6.92 Å². The van der Waals surface area contributed by atoms with Gasteiger partial charge in [-0.25, -0.2) is 0 Å². The summed E-state index contributed by atoms with van der Waals surface area (Å²) in [5.74, 6) is 2.23. The highest BCUT2D eigenvalue weighted by atomic mass is 16.5. The van der Waals surface area contributed by atoms with E-state index in [-0.39, 0.29) is 18.6 Å². The molecule has 5 heteroatoms. The van der Waals surface area contributed by atoms with Crippen molar-refractivity contribution in [3.8, 4) is 17.2 Å². The minimum Gasteiger partial charge on any atom is -0.493 e. The number of methoxy groups -OCH3 is 1. The molecular formula is C22H29NO4. The molecule has 0 spiro atoms. The predicted octanol–water partition coefficient (Wildman–Crippen LogP) is 4.09. The van der Waals surface area contributed by atoms with Crippen molar-refractivity contribution in [2.45, 2.75) is 39.7 Å². The Hall–Kier alpha value is -2.69. The fourth-order valence-electron chi connectivity index (χ4n) is 2.70. The first-order valence-electron chi connectivity index (χ1n) is 9.19. The number of rotatable bonds is 9. The molecule has 0 aliphatic carbocycles. The van der Waals surface area contributed by atoms with Crippen molar-refractivity contribution >= 4 is 5.91 Å². The van der Waals surface area contributed by atoms with Crippen LogP contribution < -0.4 is 19.5 Å². The average molecular weight is 371 g/mol. The van der Waals surface area contributed by atoms with E-state index in [1.165, 1.54) is 0 Å².